The predicted molar refractivity (Wildman–Crippen MR) is 88.9 cm³/mol. The third kappa shape index (κ3) is 14.0. The molecule has 2 N–H and O–H groups in total. The molecule has 0 bridgehead atoms. The van der Waals surface area contributed by atoms with Crippen molar-refractivity contribution in [3.63, 3.8) is 0 Å². The molecule has 0 aromatic carbocycles. The maximum atomic E-state index is 11.8. The zero-order valence-corrected chi connectivity index (χ0v) is 14.3. The molecule has 20 heavy (non-hydrogen) atoms. The molecule has 0 aliphatic rings. The van der Waals surface area contributed by atoms with Gasteiger partial charge >= 0.3 is 0 Å². The second-order valence-corrected chi connectivity index (χ2v) is 7.49. The third-order valence-electron chi connectivity index (χ3n) is 3.67. The van der Waals surface area contributed by atoms with Crippen molar-refractivity contribution in [2.45, 2.75) is 104 Å². The number of hydrogen-bond donors (Lipinski definition) is 1. The van der Waals surface area contributed by atoms with E-state index in [2.05, 4.69) is 27.7 Å². The molecular weight excluding hydrogens is 246 g/mol. The fourth-order valence-corrected chi connectivity index (χ4v) is 2.71. The van der Waals surface area contributed by atoms with Crippen molar-refractivity contribution in [2.24, 2.45) is 11.1 Å². The van der Waals surface area contributed by atoms with Gasteiger partial charge in [0, 0.05) is 18.9 Å². The van der Waals surface area contributed by atoms with Gasteiger partial charge in [0.05, 0.1) is 0 Å². The van der Waals surface area contributed by atoms with Crippen LogP contribution in [0.1, 0.15) is 98.3 Å². The monoisotopic (exact) mass is 283 g/mol. The lowest BCUT2D eigenvalue weighted by Crippen LogP contribution is -2.28. The molecule has 0 aromatic rings. The summed E-state index contributed by atoms with van der Waals surface area (Å²) in [4.78, 5) is 11.8. The molecule has 0 aliphatic heterocycles. The van der Waals surface area contributed by atoms with Gasteiger partial charge in [0.25, 0.3) is 0 Å². The van der Waals surface area contributed by atoms with Gasteiger partial charge in [-0.3, -0.25) is 4.79 Å². The normalized spacial score (nSPS) is 13.4. The highest BCUT2D eigenvalue weighted by molar-refractivity contribution is 5.78. The Balaban J connectivity index is 3.45. The molecule has 120 valence electrons. The fourth-order valence-electron chi connectivity index (χ4n) is 2.71. The summed E-state index contributed by atoms with van der Waals surface area (Å²) in [5.41, 5.74) is 6.26. The van der Waals surface area contributed by atoms with Crippen LogP contribution in [0.3, 0.4) is 0 Å². The summed E-state index contributed by atoms with van der Waals surface area (Å²) in [6.45, 7) is 8.78. The molecule has 0 aliphatic carbocycles. The topological polar surface area (TPSA) is 43.1 Å². The Labute approximate surface area is 126 Å². The molecule has 0 fully saturated rings. The van der Waals surface area contributed by atoms with Gasteiger partial charge in [0.1, 0.15) is 5.78 Å². The van der Waals surface area contributed by atoms with Gasteiger partial charge < -0.3 is 5.73 Å². The largest absolute Gasteiger partial charge is 0.327 e. The highest BCUT2D eigenvalue weighted by Gasteiger charge is 2.17. The SMILES string of the molecule is CCCCCCCCCCC(=O)CC(N)CC(C)(C)C. The van der Waals surface area contributed by atoms with E-state index in [0.29, 0.717) is 12.2 Å². The average molecular weight is 284 g/mol. The highest BCUT2D eigenvalue weighted by Crippen LogP contribution is 2.21. The van der Waals surface area contributed by atoms with Gasteiger partial charge in [0.15, 0.2) is 0 Å². The lowest BCUT2D eigenvalue weighted by molar-refractivity contribution is -0.119. The van der Waals surface area contributed by atoms with E-state index in [1.54, 1.807) is 0 Å². The van der Waals surface area contributed by atoms with Crippen LogP contribution < -0.4 is 5.73 Å². The van der Waals surface area contributed by atoms with Gasteiger partial charge in [-0.15, -0.1) is 0 Å². The standard InChI is InChI=1S/C18H37NO/c1-5-6-7-8-9-10-11-12-13-17(20)14-16(19)15-18(2,3)4/h16H,5-15,19H2,1-4H3. The Morgan fingerprint density at radius 3 is 1.95 bits per heavy atom. The van der Waals surface area contributed by atoms with Crippen LogP contribution in [0, 0.1) is 5.41 Å². The highest BCUT2D eigenvalue weighted by atomic mass is 16.1. The van der Waals surface area contributed by atoms with Crippen molar-refractivity contribution >= 4 is 5.78 Å². The summed E-state index contributed by atoms with van der Waals surface area (Å²) >= 11 is 0. The van der Waals surface area contributed by atoms with E-state index in [0.717, 1.165) is 19.3 Å². The van der Waals surface area contributed by atoms with E-state index in [1.165, 1.54) is 44.9 Å². The first-order valence-electron chi connectivity index (χ1n) is 8.62. The Bertz CT molecular complexity index is 242. The third-order valence-corrected chi connectivity index (χ3v) is 3.67. The molecule has 0 saturated heterocycles. The van der Waals surface area contributed by atoms with E-state index in [4.69, 9.17) is 5.73 Å². The van der Waals surface area contributed by atoms with E-state index >= 15 is 0 Å². The lowest BCUT2D eigenvalue weighted by atomic mass is 9.86. The molecule has 0 saturated carbocycles. The molecule has 0 radical (unpaired) electrons. The molecule has 0 rings (SSSR count). The van der Waals surface area contributed by atoms with Crippen molar-refractivity contribution in [1.82, 2.24) is 0 Å². The molecule has 0 heterocycles. The van der Waals surface area contributed by atoms with Crippen molar-refractivity contribution < 1.29 is 4.79 Å². The lowest BCUT2D eigenvalue weighted by Gasteiger charge is -2.22. The van der Waals surface area contributed by atoms with Crippen LogP contribution in [-0.4, -0.2) is 11.8 Å². The van der Waals surface area contributed by atoms with Crippen molar-refractivity contribution in [2.75, 3.05) is 0 Å². The van der Waals surface area contributed by atoms with Crippen LogP contribution >= 0.6 is 0 Å². The minimum atomic E-state index is 0.0385. The molecule has 1 unspecified atom stereocenters. The van der Waals surface area contributed by atoms with Crippen LogP contribution in [0.2, 0.25) is 0 Å². The summed E-state index contributed by atoms with van der Waals surface area (Å²) in [7, 11) is 0. The molecule has 0 aromatic heterocycles. The Morgan fingerprint density at radius 1 is 0.950 bits per heavy atom. The maximum Gasteiger partial charge on any atom is 0.134 e. The second-order valence-electron chi connectivity index (χ2n) is 7.49. The Hall–Kier alpha value is -0.370. The number of carbonyl (C=O) groups is 1. The minimum absolute atomic E-state index is 0.0385. The van der Waals surface area contributed by atoms with E-state index in [-0.39, 0.29) is 11.5 Å². The molecule has 2 heteroatoms. The molecule has 1 atom stereocenters. The van der Waals surface area contributed by atoms with Gasteiger partial charge in [-0.2, -0.15) is 0 Å². The number of ketones is 1. The minimum Gasteiger partial charge on any atom is -0.327 e. The summed E-state index contributed by atoms with van der Waals surface area (Å²) in [6, 6.07) is 0.0385. The fraction of sp³-hybridized carbons (Fsp3) is 0.944. The smallest absolute Gasteiger partial charge is 0.134 e. The molecule has 0 amide bonds. The van der Waals surface area contributed by atoms with Crippen LogP contribution in [-0.2, 0) is 4.79 Å². The number of rotatable bonds is 12. The van der Waals surface area contributed by atoms with E-state index < -0.39 is 0 Å². The zero-order valence-electron chi connectivity index (χ0n) is 14.3. The van der Waals surface area contributed by atoms with Crippen molar-refractivity contribution in [1.29, 1.82) is 0 Å². The second kappa shape index (κ2) is 11.3. The number of unbranched alkanes of at least 4 members (excludes halogenated alkanes) is 7. The summed E-state index contributed by atoms with van der Waals surface area (Å²) < 4.78 is 0. The van der Waals surface area contributed by atoms with Gasteiger partial charge in [-0.25, -0.2) is 0 Å². The quantitative estimate of drug-likeness (QED) is 0.498. The summed E-state index contributed by atoms with van der Waals surface area (Å²) in [5, 5.41) is 0. The van der Waals surface area contributed by atoms with Crippen molar-refractivity contribution in [3.8, 4) is 0 Å². The van der Waals surface area contributed by atoms with Crippen molar-refractivity contribution in [3.05, 3.63) is 0 Å². The molecular formula is C18H37NO. The molecule has 0 spiro atoms. The van der Waals surface area contributed by atoms with Crippen LogP contribution in [0.4, 0.5) is 0 Å². The summed E-state index contributed by atoms with van der Waals surface area (Å²) in [6.07, 6.45) is 12.5. The first kappa shape index (κ1) is 19.6. The number of carbonyl (C=O) groups excluding carboxylic acids is 1. The first-order valence-corrected chi connectivity index (χ1v) is 8.62. The Morgan fingerprint density at radius 2 is 1.45 bits per heavy atom. The summed E-state index contributed by atoms with van der Waals surface area (Å²) in [5.74, 6) is 0.354. The van der Waals surface area contributed by atoms with E-state index in [1.807, 2.05) is 0 Å². The van der Waals surface area contributed by atoms with Crippen LogP contribution in [0.5, 0.6) is 0 Å². The van der Waals surface area contributed by atoms with Crippen LogP contribution in [0.15, 0.2) is 0 Å². The predicted octanol–water partition coefficient (Wildman–Crippen LogP) is 5.24. The van der Waals surface area contributed by atoms with Crippen LogP contribution in [0.25, 0.3) is 0 Å². The van der Waals surface area contributed by atoms with Gasteiger partial charge in [-0.1, -0.05) is 72.6 Å². The van der Waals surface area contributed by atoms with Gasteiger partial charge in [-0.05, 0) is 18.3 Å². The average Bonchev–Trinajstić information content (AvgIpc) is 2.30. The van der Waals surface area contributed by atoms with Gasteiger partial charge in [0.2, 0.25) is 0 Å². The number of nitrogens with two attached hydrogens (primary N) is 1. The maximum absolute atomic E-state index is 11.8. The molecule has 2 nitrogen and oxygen atoms in total. The first-order chi connectivity index (χ1) is 9.35. The zero-order chi connectivity index (χ0) is 15.4. The Kier molecular flexibility index (Phi) is 11.1. The van der Waals surface area contributed by atoms with E-state index in [9.17, 15) is 4.79 Å². The number of hydrogen-bond acceptors (Lipinski definition) is 2. The number of Topliss-reactive ketones (excluding diaryl/α,β-unsaturated/α-hetero) is 1.